The van der Waals surface area contributed by atoms with Crippen LogP contribution in [-0.2, 0) is 0 Å². The average molecular weight is 240 g/mol. The Hall–Kier alpha value is -2.10. The predicted octanol–water partition coefficient (Wildman–Crippen LogP) is 2.95. The molecule has 0 unspecified atom stereocenters. The van der Waals surface area contributed by atoms with E-state index in [0.717, 1.165) is 29.0 Å². The molecule has 0 spiro atoms. The van der Waals surface area contributed by atoms with E-state index >= 15 is 0 Å². The van der Waals surface area contributed by atoms with Crippen LogP contribution in [0, 0.1) is 5.92 Å². The van der Waals surface area contributed by atoms with Crippen LogP contribution < -0.4 is 5.32 Å². The van der Waals surface area contributed by atoms with Gasteiger partial charge in [-0.05, 0) is 18.1 Å². The van der Waals surface area contributed by atoms with Crippen molar-refractivity contribution >= 4 is 22.5 Å². The molecule has 3 rings (SSSR count). The molecule has 0 aliphatic carbocycles. The van der Waals surface area contributed by atoms with Gasteiger partial charge in [0.1, 0.15) is 0 Å². The average Bonchev–Trinajstić information content (AvgIpc) is 2.85. The Balaban J connectivity index is 2.19. The van der Waals surface area contributed by atoms with E-state index in [2.05, 4.69) is 39.6 Å². The number of benzene rings is 1. The maximum absolute atomic E-state index is 4.65. The molecular weight excluding hydrogens is 224 g/mol. The van der Waals surface area contributed by atoms with Crippen molar-refractivity contribution in [3.05, 3.63) is 36.7 Å². The van der Waals surface area contributed by atoms with Crippen LogP contribution in [0.2, 0.25) is 0 Å². The quantitative estimate of drug-likeness (QED) is 0.765. The van der Waals surface area contributed by atoms with E-state index in [0.29, 0.717) is 5.92 Å². The third kappa shape index (κ3) is 1.79. The Labute approximate surface area is 106 Å². The monoisotopic (exact) mass is 240 g/mol. The van der Waals surface area contributed by atoms with E-state index < -0.39 is 0 Å². The first kappa shape index (κ1) is 11.0. The summed E-state index contributed by atoms with van der Waals surface area (Å²) in [6.45, 7) is 5.25. The summed E-state index contributed by atoms with van der Waals surface area (Å²) in [5, 5.41) is 3.37. The van der Waals surface area contributed by atoms with E-state index in [9.17, 15) is 0 Å². The third-order valence-electron chi connectivity index (χ3n) is 2.90. The number of hydrogen-bond acceptors (Lipinski definition) is 3. The van der Waals surface area contributed by atoms with Crippen molar-refractivity contribution in [2.24, 2.45) is 5.92 Å². The largest absolute Gasteiger partial charge is 0.367 e. The molecule has 0 saturated heterocycles. The molecule has 0 amide bonds. The number of para-hydroxylation sites is 2. The molecule has 3 aromatic rings. The Kier molecular flexibility index (Phi) is 2.63. The molecule has 0 aliphatic rings. The molecule has 92 valence electrons. The maximum atomic E-state index is 4.65. The van der Waals surface area contributed by atoms with Crippen LogP contribution >= 0.6 is 0 Å². The van der Waals surface area contributed by atoms with Gasteiger partial charge < -0.3 is 5.32 Å². The zero-order chi connectivity index (χ0) is 12.5. The van der Waals surface area contributed by atoms with Crippen LogP contribution in [0.25, 0.3) is 16.7 Å². The Morgan fingerprint density at radius 2 is 2.11 bits per heavy atom. The maximum Gasteiger partial charge on any atom is 0.180 e. The highest BCUT2D eigenvalue weighted by Gasteiger charge is 2.08. The summed E-state index contributed by atoms with van der Waals surface area (Å²) in [5.41, 5.74) is 2.95. The van der Waals surface area contributed by atoms with Crippen LogP contribution in [-0.4, -0.2) is 20.9 Å². The number of aromatic nitrogens is 3. The summed E-state index contributed by atoms with van der Waals surface area (Å²) in [6.07, 6.45) is 3.78. The zero-order valence-electron chi connectivity index (χ0n) is 10.6. The number of anilines is 1. The van der Waals surface area contributed by atoms with Crippen molar-refractivity contribution in [2.75, 3.05) is 11.9 Å². The molecule has 0 bridgehead atoms. The van der Waals surface area contributed by atoms with Gasteiger partial charge in [-0.1, -0.05) is 26.0 Å². The standard InChI is InChI=1S/C14H16N4/c1-10(2)9-16-13-14-15-7-8-18(14)12-6-4-3-5-11(12)17-13/h3-8,10H,9H2,1-2H3,(H,16,17). The zero-order valence-corrected chi connectivity index (χ0v) is 10.6. The molecule has 0 fully saturated rings. The van der Waals surface area contributed by atoms with Gasteiger partial charge in [-0.15, -0.1) is 0 Å². The van der Waals surface area contributed by atoms with Crippen molar-refractivity contribution in [1.82, 2.24) is 14.4 Å². The summed E-state index contributed by atoms with van der Waals surface area (Å²) < 4.78 is 2.07. The SMILES string of the molecule is CC(C)CNc1nc2ccccc2n2ccnc12. The Morgan fingerprint density at radius 1 is 1.28 bits per heavy atom. The highest BCUT2D eigenvalue weighted by Crippen LogP contribution is 2.20. The van der Waals surface area contributed by atoms with Gasteiger partial charge in [0.05, 0.1) is 11.0 Å². The minimum atomic E-state index is 0.577. The van der Waals surface area contributed by atoms with Gasteiger partial charge >= 0.3 is 0 Å². The minimum absolute atomic E-state index is 0.577. The lowest BCUT2D eigenvalue weighted by molar-refractivity contribution is 0.687. The summed E-state index contributed by atoms with van der Waals surface area (Å²) in [5.74, 6) is 1.43. The second-order valence-electron chi connectivity index (χ2n) is 4.84. The molecule has 2 aromatic heterocycles. The van der Waals surface area contributed by atoms with Crippen molar-refractivity contribution in [3.8, 4) is 0 Å². The molecule has 4 nitrogen and oxygen atoms in total. The second-order valence-corrected chi connectivity index (χ2v) is 4.84. The van der Waals surface area contributed by atoms with E-state index in [1.807, 2.05) is 30.6 Å². The molecule has 0 saturated carbocycles. The third-order valence-corrected chi connectivity index (χ3v) is 2.90. The summed E-state index contributed by atoms with van der Waals surface area (Å²) in [4.78, 5) is 9.04. The van der Waals surface area contributed by atoms with Gasteiger partial charge in [-0.3, -0.25) is 4.40 Å². The molecule has 1 aromatic carbocycles. The number of nitrogens with zero attached hydrogens (tertiary/aromatic N) is 3. The lowest BCUT2D eigenvalue weighted by Gasteiger charge is -2.11. The number of hydrogen-bond donors (Lipinski definition) is 1. The van der Waals surface area contributed by atoms with Crippen LogP contribution in [0.3, 0.4) is 0 Å². The summed E-state index contributed by atoms with van der Waals surface area (Å²) >= 11 is 0. The molecule has 0 radical (unpaired) electrons. The number of imidazole rings is 1. The fraction of sp³-hybridized carbons (Fsp3) is 0.286. The van der Waals surface area contributed by atoms with Gasteiger partial charge in [-0.2, -0.15) is 0 Å². The van der Waals surface area contributed by atoms with Gasteiger partial charge in [0.2, 0.25) is 0 Å². The van der Waals surface area contributed by atoms with E-state index in [1.165, 1.54) is 0 Å². The molecule has 0 aliphatic heterocycles. The van der Waals surface area contributed by atoms with E-state index in [4.69, 9.17) is 0 Å². The number of rotatable bonds is 3. The first-order chi connectivity index (χ1) is 8.75. The molecule has 0 atom stereocenters. The first-order valence-corrected chi connectivity index (χ1v) is 6.21. The topological polar surface area (TPSA) is 42.2 Å². The van der Waals surface area contributed by atoms with Gasteiger partial charge in [0, 0.05) is 18.9 Å². The highest BCUT2D eigenvalue weighted by atomic mass is 15.1. The van der Waals surface area contributed by atoms with Gasteiger partial charge in [0.25, 0.3) is 0 Å². The molecular formula is C14H16N4. The van der Waals surface area contributed by atoms with Crippen molar-refractivity contribution in [3.63, 3.8) is 0 Å². The Morgan fingerprint density at radius 3 is 2.94 bits per heavy atom. The number of fused-ring (bicyclic) bond motifs is 3. The van der Waals surface area contributed by atoms with E-state index in [-0.39, 0.29) is 0 Å². The lowest BCUT2D eigenvalue weighted by atomic mass is 10.2. The van der Waals surface area contributed by atoms with Crippen molar-refractivity contribution in [2.45, 2.75) is 13.8 Å². The Bertz CT molecular complexity index is 684. The van der Waals surface area contributed by atoms with Crippen LogP contribution in [0.15, 0.2) is 36.7 Å². The van der Waals surface area contributed by atoms with Crippen LogP contribution in [0.5, 0.6) is 0 Å². The van der Waals surface area contributed by atoms with Crippen LogP contribution in [0.4, 0.5) is 5.82 Å². The highest BCUT2D eigenvalue weighted by molar-refractivity contribution is 5.82. The minimum Gasteiger partial charge on any atom is -0.367 e. The van der Waals surface area contributed by atoms with Gasteiger partial charge in [-0.25, -0.2) is 9.97 Å². The smallest absolute Gasteiger partial charge is 0.180 e. The summed E-state index contributed by atoms with van der Waals surface area (Å²) in [7, 11) is 0. The molecule has 1 N–H and O–H groups in total. The van der Waals surface area contributed by atoms with Gasteiger partial charge in [0.15, 0.2) is 11.5 Å². The number of nitrogens with one attached hydrogen (secondary N) is 1. The van der Waals surface area contributed by atoms with Crippen LogP contribution in [0.1, 0.15) is 13.8 Å². The first-order valence-electron chi connectivity index (χ1n) is 6.21. The molecule has 2 heterocycles. The molecule has 4 heteroatoms. The second kappa shape index (κ2) is 4.29. The lowest BCUT2D eigenvalue weighted by Crippen LogP contribution is -2.10. The fourth-order valence-corrected chi connectivity index (χ4v) is 2.03. The summed E-state index contributed by atoms with van der Waals surface area (Å²) in [6, 6.07) is 8.10. The van der Waals surface area contributed by atoms with Crippen molar-refractivity contribution < 1.29 is 0 Å². The van der Waals surface area contributed by atoms with E-state index in [1.54, 1.807) is 0 Å². The predicted molar refractivity (Wildman–Crippen MR) is 73.8 cm³/mol. The fourth-order valence-electron chi connectivity index (χ4n) is 2.03. The van der Waals surface area contributed by atoms with Crippen molar-refractivity contribution in [1.29, 1.82) is 0 Å². The molecule has 18 heavy (non-hydrogen) atoms. The normalized spacial score (nSPS) is 11.5.